The smallest absolute Gasteiger partial charge is 0.164 e. The molecule has 0 saturated heterocycles. The van der Waals surface area contributed by atoms with Crippen LogP contribution < -0.4 is 0 Å². The number of carbonyl (C=O) groups excluding carboxylic acids is 1. The highest BCUT2D eigenvalue weighted by molar-refractivity contribution is 5.88. The number of methoxy groups -OCH3 is 1. The van der Waals surface area contributed by atoms with E-state index in [0.29, 0.717) is 18.1 Å². The highest BCUT2D eigenvalue weighted by atomic mass is 16.5. The van der Waals surface area contributed by atoms with Gasteiger partial charge >= 0.3 is 0 Å². The molecule has 1 rings (SSSR count). The average molecular weight is 184 g/mol. The molecule has 2 heteroatoms. The molecule has 13 heavy (non-hydrogen) atoms. The molecule has 2 atom stereocenters. The van der Waals surface area contributed by atoms with Crippen LogP contribution in [0.5, 0.6) is 0 Å². The number of rotatable bonds is 4. The minimum absolute atomic E-state index is 0.308. The van der Waals surface area contributed by atoms with Gasteiger partial charge in [0.05, 0.1) is 0 Å². The van der Waals surface area contributed by atoms with Gasteiger partial charge in [-0.05, 0) is 31.6 Å². The highest BCUT2D eigenvalue weighted by Gasteiger charge is 2.45. The Morgan fingerprint density at radius 2 is 2.31 bits per heavy atom. The average Bonchev–Trinajstić information content (AvgIpc) is 2.48. The topological polar surface area (TPSA) is 26.3 Å². The Hall–Kier alpha value is -0.370. The number of hydrogen-bond acceptors (Lipinski definition) is 2. The van der Waals surface area contributed by atoms with Crippen molar-refractivity contribution in [2.75, 3.05) is 7.11 Å². The number of Topliss-reactive ketones (excluding diaryl/α,β-unsaturated/α-hetero) is 1. The maximum absolute atomic E-state index is 11.9. The fourth-order valence-electron chi connectivity index (χ4n) is 2.42. The van der Waals surface area contributed by atoms with Gasteiger partial charge in [0.2, 0.25) is 0 Å². The molecule has 0 aromatic heterocycles. The Kier molecular flexibility index (Phi) is 3.48. The number of carbonyl (C=O) groups is 1. The minimum Gasteiger partial charge on any atom is -0.370 e. The van der Waals surface area contributed by atoms with Crippen LogP contribution in [0.4, 0.5) is 0 Å². The SMILES string of the molecule is CCCC(=O)C1(OC)CCCC1C. The fraction of sp³-hybridized carbons (Fsp3) is 0.909. The van der Waals surface area contributed by atoms with Gasteiger partial charge in [-0.25, -0.2) is 0 Å². The lowest BCUT2D eigenvalue weighted by Gasteiger charge is -2.30. The number of ketones is 1. The second kappa shape index (κ2) is 4.23. The lowest BCUT2D eigenvalue weighted by atomic mass is 9.86. The molecule has 76 valence electrons. The Bertz CT molecular complexity index is 189. The highest BCUT2D eigenvalue weighted by Crippen LogP contribution is 2.39. The van der Waals surface area contributed by atoms with Gasteiger partial charge in [0.1, 0.15) is 5.60 Å². The van der Waals surface area contributed by atoms with Crippen molar-refractivity contribution >= 4 is 5.78 Å². The first-order valence-electron chi connectivity index (χ1n) is 5.25. The van der Waals surface area contributed by atoms with Crippen molar-refractivity contribution < 1.29 is 9.53 Å². The van der Waals surface area contributed by atoms with Crippen LogP contribution in [-0.4, -0.2) is 18.5 Å². The molecule has 1 aliphatic carbocycles. The summed E-state index contributed by atoms with van der Waals surface area (Å²) in [6.07, 6.45) is 4.77. The monoisotopic (exact) mass is 184 g/mol. The normalized spacial score (nSPS) is 33.6. The number of hydrogen-bond donors (Lipinski definition) is 0. The second-order valence-corrected chi connectivity index (χ2v) is 4.06. The minimum atomic E-state index is -0.435. The van der Waals surface area contributed by atoms with Crippen molar-refractivity contribution in [3.63, 3.8) is 0 Å². The molecule has 2 nitrogen and oxygen atoms in total. The van der Waals surface area contributed by atoms with Crippen LogP contribution in [0.15, 0.2) is 0 Å². The van der Waals surface area contributed by atoms with Crippen molar-refractivity contribution in [3.8, 4) is 0 Å². The largest absolute Gasteiger partial charge is 0.370 e. The molecule has 0 aromatic carbocycles. The quantitative estimate of drug-likeness (QED) is 0.671. The standard InChI is InChI=1S/C11H20O2/c1-4-6-10(12)11(13-3)8-5-7-9(11)2/h9H,4-8H2,1-3H3. The van der Waals surface area contributed by atoms with Gasteiger partial charge in [0.15, 0.2) is 5.78 Å². The maximum atomic E-state index is 11.9. The molecule has 2 unspecified atom stereocenters. The molecule has 1 aliphatic rings. The summed E-state index contributed by atoms with van der Waals surface area (Å²) in [4.78, 5) is 11.9. The van der Waals surface area contributed by atoms with Crippen molar-refractivity contribution in [2.24, 2.45) is 5.92 Å². The van der Waals surface area contributed by atoms with Crippen LogP contribution in [0.1, 0.15) is 46.0 Å². The zero-order valence-corrected chi connectivity index (χ0v) is 8.93. The summed E-state index contributed by atoms with van der Waals surface area (Å²) in [6.45, 7) is 4.17. The van der Waals surface area contributed by atoms with E-state index in [2.05, 4.69) is 6.92 Å². The third-order valence-corrected chi connectivity index (χ3v) is 3.29. The molecule has 0 spiro atoms. The Balaban J connectivity index is 2.73. The molecule has 0 aromatic rings. The van der Waals surface area contributed by atoms with Crippen molar-refractivity contribution in [1.29, 1.82) is 0 Å². The second-order valence-electron chi connectivity index (χ2n) is 4.06. The van der Waals surface area contributed by atoms with E-state index in [1.807, 2.05) is 6.92 Å². The van der Waals surface area contributed by atoms with Crippen molar-refractivity contribution in [2.45, 2.75) is 51.6 Å². The van der Waals surface area contributed by atoms with Gasteiger partial charge in [0.25, 0.3) is 0 Å². The lowest BCUT2D eigenvalue weighted by Crippen LogP contribution is -2.42. The molecule has 0 bridgehead atoms. The van der Waals surface area contributed by atoms with Crippen LogP contribution in [-0.2, 0) is 9.53 Å². The van der Waals surface area contributed by atoms with Gasteiger partial charge < -0.3 is 4.74 Å². The molecular formula is C11H20O2. The van der Waals surface area contributed by atoms with Crippen molar-refractivity contribution in [3.05, 3.63) is 0 Å². The lowest BCUT2D eigenvalue weighted by molar-refractivity contribution is -0.145. The molecule has 0 amide bonds. The molecule has 0 heterocycles. The van der Waals surface area contributed by atoms with Crippen LogP contribution in [0.3, 0.4) is 0 Å². The predicted molar refractivity (Wildman–Crippen MR) is 52.7 cm³/mol. The molecule has 0 aliphatic heterocycles. The maximum Gasteiger partial charge on any atom is 0.164 e. The van der Waals surface area contributed by atoms with E-state index in [1.165, 1.54) is 0 Å². The van der Waals surface area contributed by atoms with Crippen LogP contribution >= 0.6 is 0 Å². The van der Waals surface area contributed by atoms with Gasteiger partial charge in [-0.1, -0.05) is 13.8 Å². The molecule has 0 N–H and O–H groups in total. The van der Waals surface area contributed by atoms with Gasteiger partial charge in [-0.15, -0.1) is 0 Å². The first kappa shape index (κ1) is 10.7. The Morgan fingerprint density at radius 3 is 2.69 bits per heavy atom. The van der Waals surface area contributed by atoms with Crippen LogP contribution in [0, 0.1) is 5.92 Å². The van der Waals surface area contributed by atoms with E-state index in [4.69, 9.17) is 4.74 Å². The van der Waals surface area contributed by atoms with Crippen molar-refractivity contribution in [1.82, 2.24) is 0 Å². The zero-order valence-electron chi connectivity index (χ0n) is 8.93. The summed E-state index contributed by atoms with van der Waals surface area (Å²) in [5.41, 5.74) is -0.435. The van der Waals surface area contributed by atoms with Gasteiger partial charge in [0, 0.05) is 13.5 Å². The first-order valence-corrected chi connectivity index (χ1v) is 5.25. The summed E-state index contributed by atoms with van der Waals surface area (Å²) in [5.74, 6) is 0.707. The van der Waals surface area contributed by atoms with E-state index in [-0.39, 0.29) is 0 Å². The van der Waals surface area contributed by atoms with Crippen LogP contribution in [0.2, 0.25) is 0 Å². The van der Waals surface area contributed by atoms with E-state index >= 15 is 0 Å². The van der Waals surface area contributed by atoms with Gasteiger partial charge in [-0.3, -0.25) is 4.79 Å². The molecule has 0 radical (unpaired) electrons. The first-order chi connectivity index (χ1) is 6.17. The predicted octanol–water partition coefficient (Wildman–Crippen LogP) is 2.56. The third kappa shape index (κ3) is 1.78. The summed E-state index contributed by atoms with van der Waals surface area (Å²) in [6, 6.07) is 0. The van der Waals surface area contributed by atoms with E-state index in [9.17, 15) is 4.79 Å². The summed E-state index contributed by atoms with van der Waals surface area (Å²) in [7, 11) is 1.68. The summed E-state index contributed by atoms with van der Waals surface area (Å²) >= 11 is 0. The summed E-state index contributed by atoms with van der Waals surface area (Å²) < 4.78 is 5.48. The fourth-order valence-corrected chi connectivity index (χ4v) is 2.42. The molecule has 1 fully saturated rings. The molecular weight excluding hydrogens is 164 g/mol. The number of ether oxygens (including phenoxy) is 1. The van der Waals surface area contributed by atoms with E-state index < -0.39 is 5.60 Å². The van der Waals surface area contributed by atoms with Gasteiger partial charge in [-0.2, -0.15) is 0 Å². The summed E-state index contributed by atoms with van der Waals surface area (Å²) in [5, 5.41) is 0. The zero-order chi connectivity index (χ0) is 9.90. The Labute approximate surface area is 80.7 Å². The third-order valence-electron chi connectivity index (χ3n) is 3.29. The van der Waals surface area contributed by atoms with E-state index in [0.717, 1.165) is 25.7 Å². The molecule has 1 saturated carbocycles. The van der Waals surface area contributed by atoms with E-state index in [1.54, 1.807) is 7.11 Å². The van der Waals surface area contributed by atoms with Crippen LogP contribution in [0.25, 0.3) is 0 Å². The Morgan fingerprint density at radius 1 is 1.62 bits per heavy atom.